The molecule has 3 rings (SSSR count). The van der Waals surface area contributed by atoms with E-state index in [1.54, 1.807) is 15.9 Å². The minimum absolute atomic E-state index is 0.0122. The van der Waals surface area contributed by atoms with Gasteiger partial charge in [0, 0.05) is 38.4 Å². The van der Waals surface area contributed by atoms with Crippen LogP contribution in [0.1, 0.15) is 70.4 Å². The van der Waals surface area contributed by atoms with Crippen LogP contribution >= 0.6 is 0 Å². The fourth-order valence-electron chi connectivity index (χ4n) is 3.88. The van der Waals surface area contributed by atoms with Crippen LogP contribution in [-0.4, -0.2) is 68.1 Å². The Morgan fingerprint density at radius 1 is 1.06 bits per heavy atom. The normalized spacial score (nSPS) is 14.9. The maximum Gasteiger partial charge on any atom is 0.410 e. The largest absolute Gasteiger partial charge is 0.444 e. The van der Waals surface area contributed by atoms with E-state index >= 15 is 0 Å². The summed E-state index contributed by atoms with van der Waals surface area (Å²) >= 11 is 0. The maximum absolute atomic E-state index is 13.6. The number of pyridine rings is 1. The van der Waals surface area contributed by atoms with E-state index in [1.165, 1.54) is 4.57 Å². The molecule has 0 aromatic carbocycles. The summed E-state index contributed by atoms with van der Waals surface area (Å²) in [7, 11) is 0. The van der Waals surface area contributed by atoms with Crippen LogP contribution in [0, 0.1) is 5.92 Å². The highest BCUT2D eigenvalue weighted by molar-refractivity contribution is 6.05. The molecule has 34 heavy (non-hydrogen) atoms. The van der Waals surface area contributed by atoms with Crippen LogP contribution in [0.15, 0.2) is 15.7 Å². The van der Waals surface area contributed by atoms with Crippen LogP contribution in [0.4, 0.5) is 4.79 Å². The number of carbonyl (C=O) groups is 2. The van der Waals surface area contributed by atoms with Crippen molar-refractivity contribution in [3.8, 4) is 0 Å². The molecule has 0 bridgehead atoms. The predicted octanol–water partition coefficient (Wildman–Crippen LogP) is 2.56. The van der Waals surface area contributed by atoms with Gasteiger partial charge in [-0.05, 0) is 38.7 Å². The van der Waals surface area contributed by atoms with Crippen molar-refractivity contribution in [1.82, 2.24) is 24.3 Å². The van der Waals surface area contributed by atoms with Crippen LogP contribution in [0.3, 0.4) is 0 Å². The highest BCUT2D eigenvalue weighted by Gasteiger charge is 2.30. The lowest BCUT2D eigenvalue weighted by Crippen LogP contribution is -2.51. The van der Waals surface area contributed by atoms with Crippen LogP contribution < -0.4 is 11.2 Å². The zero-order chi connectivity index (χ0) is 25.4. The van der Waals surface area contributed by atoms with Crippen molar-refractivity contribution >= 4 is 23.0 Å². The molecule has 3 heterocycles. The van der Waals surface area contributed by atoms with E-state index in [0.717, 1.165) is 0 Å². The van der Waals surface area contributed by atoms with E-state index in [0.29, 0.717) is 38.4 Å². The molecule has 186 valence electrons. The Bertz CT molecular complexity index is 1200. The summed E-state index contributed by atoms with van der Waals surface area (Å²) in [4.78, 5) is 61.5. The fraction of sp³-hybridized carbons (Fsp3) is 0.625. The molecule has 1 saturated heterocycles. The molecule has 0 radical (unpaired) electrons. The summed E-state index contributed by atoms with van der Waals surface area (Å²) < 4.78 is 6.86. The Balaban J connectivity index is 1.99. The van der Waals surface area contributed by atoms with Gasteiger partial charge in [0.25, 0.3) is 11.5 Å². The zero-order valence-corrected chi connectivity index (χ0v) is 21.1. The number of hydrogen-bond acceptors (Lipinski definition) is 6. The first-order valence-electron chi connectivity index (χ1n) is 11.7. The van der Waals surface area contributed by atoms with Gasteiger partial charge in [-0.1, -0.05) is 27.7 Å². The van der Waals surface area contributed by atoms with Crippen molar-refractivity contribution in [1.29, 1.82) is 0 Å². The zero-order valence-electron chi connectivity index (χ0n) is 21.1. The van der Waals surface area contributed by atoms with Gasteiger partial charge in [-0.15, -0.1) is 0 Å². The summed E-state index contributed by atoms with van der Waals surface area (Å²) in [5.74, 6) is -0.198. The fourth-order valence-corrected chi connectivity index (χ4v) is 3.88. The average molecular weight is 474 g/mol. The number of aromatic nitrogens is 3. The van der Waals surface area contributed by atoms with Crippen molar-refractivity contribution in [2.24, 2.45) is 5.92 Å². The molecule has 0 atom stereocenters. The molecule has 1 fully saturated rings. The topological polar surface area (TPSA) is 118 Å². The number of H-pyrrole nitrogens is 1. The first-order chi connectivity index (χ1) is 15.8. The number of fused-ring (bicyclic) bond motifs is 1. The number of hydrogen-bond donors (Lipinski definition) is 1. The average Bonchev–Trinajstić information content (AvgIpc) is 2.73. The molecule has 0 unspecified atom stereocenters. The van der Waals surface area contributed by atoms with E-state index in [1.807, 2.05) is 48.5 Å². The molecule has 0 spiro atoms. The number of nitrogens with one attached hydrogen (secondary N) is 1. The minimum atomic E-state index is -0.626. The van der Waals surface area contributed by atoms with Crippen LogP contribution in [-0.2, 0) is 11.3 Å². The number of piperazine rings is 1. The lowest BCUT2D eigenvalue weighted by molar-refractivity contribution is 0.0141. The molecular formula is C24H35N5O5. The summed E-state index contributed by atoms with van der Waals surface area (Å²) in [6.45, 7) is 14.9. The second-order valence-electron chi connectivity index (χ2n) is 10.5. The summed E-state index contributed by atoms with van der Waals surface area (Å²) in [6, 6.07) is 1.65. The quantitative estimate of drug-likeness (QED) is 0.729. The van der Waals surface area contributed by atoms with E-state index in [-0.39, 0.29) is 34.3 Å². The summed E-state index contributed by atoms with van der Waals surface area (Å²) in [6.07, 6.45) is -0.412. The molecule has 2 amide bonds. The van der Waals surface area contributed by atoms with Crippen molar-refractivity contribution in [3.63, 3.8) is 0 Å². The molecule has 2 aromatic heterocycles. The predicted molar refractivity (Wildman–Crippen MR) is 129 cm³/mol. The monoisotopic (exact) mass is 473 g/mol. The third kappa shape index (κ3) is 5.48. The van der Waals surface area contributed by atoms with Crippen LogP contribution in [0.25, 0.3) is 11.0 Å². The summed E-state index contributed by atoms with van der Waals surface area (Å²) in [5.41, 5.74) is -0.684. The number of nitrogens with zero attached hydrogens (tertiary/aromatic N) is 4. The maximum atomic E-state index is 13.6. The van der Waals surface area contributed by atoms with Gasteiger partial charge in [-0.2, -0.15) is 0 Å². The van der Waals surface area contributed by atoms with Gasteiger partial charge in [-0.3, -0.25) is 19.1 Å². The van der Waals surface area contributed by atoms with Gasteiger partial charge >= 0.3 is 11.8 Å². The molecule has 2 aromatic rings. The molecule has 0 saturated carbocycles. The molecular weight excluding hydrogens is 438 g/mol. The van der Waals surface area contributed by atoms with Crippen molar-refractivity contribution in [2.45, 2.75) is 66.5 Å². The highest BCUT2D eigenvalue weighted by atomic mass is 16.6. The second kappa shape index (κ2) is 9.60. The third-order valence-corrected chi connectivity index (χ3v) is 5.56. The second-order valence-corrected chi connectivity index (χ2v) is 10.5. The number of ether oxygens (including phenoxy) is 1. The number of amides is 2. The standard InChI is InChI=1S/C24H35N5O5/c1-14(2)13-29-19-18(20(30)26-22(29)32)16(12-17(25-19)15(3)4)21(31)27-8-10-28(11-9-27)23(33)34-24(5,6)7/h12,14-15H,8-11,13H2,1-7H3,(H,26,30,32). The third-order valence-electron chi connectivity index (χ3n) is 5.56. The van der Waals surface area contributed by atoms with E-state index < -0.39 is 22.9 Å². The smallest absolute Gasteiger partial charge is 0.410 e. The number of rotatable bonds is 4. The molecule has 1 aliphatic heterocycles. The molecule has 1 aliphatic rings. The Morgan fingerprint density at radius 3 is 2.18 bits per heavy atom. The first kappa shape index (κ1) is 25.5. The summed E-state index contributed by atoms with van der Waals surface area (Å²) in [5, 5.41) is 0.115. The Hall–Kier alpha value is -3.17. The highest BCUT2D eigenvalue weighted by Crippen LogP contribution is 2.22. The molecule has 0 aliphatic carbocycles. The SMILES string of the molecule is CC(C)Cn1c(=O)[nH]c(=O)c2c(C(=O)N3CCN(C(=O)OC(C)(C)C)CC3)cc(C(C)C)nc21. The lowest BCUT2D eigenvalue weighted by atomic mass is 10.0. The van der Waals surface area contributed by atoms with Crippen LogP contribution in [0.5, 0.6) is 0 Å². The van der Waals surface area contributed by atoms with Crippen LogP contribution in [0.2, 0.25) is 0 Å². The van der Waals surface area contributed by atoms with Gasteiger partial charge in [0.2, 0.25) is 0 Å². The number of carbonyl (C=O) groups excluding carboxylic acids is 2. The minimum Gasteiger partial charge on any atom is -0.444 e. The van der Waals surface area contributed by atoms with E-state index in [4.69, 9.17) is 4.74 Å². The number of aromatic amines is 1. The molecule has 10 heteroatoms. The van der Waals surface area contributed by atoms with Gasteiger partial charge in [0.1, 0.15) is 5.60 Å². The van der Waals surface area contributed by atoms with E-state index in [9.17, 15) is 19.2 Å². The Labute approximate surface area is 198 Å². The molecule has 10 nitrogen and oxygen atoms in total. The van der Waals surface area contributed by atoms with Gasteiger partial charge in [0.15, 0.2) is 5.65 Å². The Kier molecular flexibility index (Phi) is 7.18. The Morgan fingerprint density at radius 2 is 1.65 bits per heavy atom. The van der Waals surface area contributed by atoms with Crippen molar-refractivity contribution in [3.05, 3.63) is 38.2 Å². The van der Waals surface area contributed by atoms with Gasteiger partial charge < -0.3 is 14.5 Å². The van der Waals surface area contributed by atoms with E-state index in [2.05, 4.69) is 9.97 Å². The first-order valence-corrected chi connectivity index (χ1v) is 11.7. The van der Waals surface area contributed by atoms with Gasteiger partial charge in [0.05, 0.1) is 10.9 Å². The lowest BCUT2D eigenvalue weighted by Gasteiger charge is -2.35. The molecule has 1 N–H and O–H groups in total. The van der Waals surface area contributed by atoms with Crippen molar-refractivity contribution in [2.75, 3.05) is 26.2 Å². The van der Waals surface area contributed by atoms with Crippen molar-refractivity contribution < 1.29 is 14.3 Å². The van der Waals surface area contributed by atoms with Gasteiger partial charge in [-0.25, -0.2) is 14.6 Å².